The van der Waals surface area contributed by atoms with E-state index >= 15 is 0 Å². The van der Waals surface area contributed by atoms with Crippen molar-refractivity contribution in [1.82, 2.24) is 15.1 Å². The van der Waals surface area contributed by atoms with E-state index < -0.39 is 11.7 Å². The van der Waals surface area contributed by atoms with Crippen LogP contribution in [0.5, 0.6) is 0 Å². The molecule has 0 fully saturated rings. The summed E-state index contributed by atoms with van der Waals surface area (Å²) in [5.41, 5.74) is -1.04. The average Bonchev–Trinajstić information content (AvgIpc) is 2.76. The number of hydrogen-bond donors (Lipinski definition) is 0. The van der Waals surface area contributed by atoms with E-state index in [9.17, 15) is 13.2 Å². The summed E-state index contributed by atoms with van der Waals surface area (Å²) in [6.45, 7) is 0. The van der Waals surface area contributed by atoms with E-state index in [0.717, 1.165) is 18.5 Å². The Labute approximate surface area is 107 Å². The molecule has 2 aromatic heterocycles. The minimum Gasteiger partial charge on any atom is -0.334 e. The Morgan fingerprint density at radius 2 is 2.12 bits per heavy atom. The molecule has 2 aromatic rings. The minimum absolute atomic E-state index is 0.169. The molecule has 0 amide bonds. The number of aromatic nitrogens is 3. The fourth-order valence-corrected chi connectivity index (χ4v) is 1.54. The van der Waals surface area contributed by atoms with E-state index in [1.54, 1.807) is 0 Å². The van der Waals surface area contributed by atoms with Crippen LogP contribution in [0.4, 0.5) is 13.2 Å². The Morgan fingerprint density at radius 3 is 2.71 bits per heavy atom. The fraction of sp³-hybridized carbons (Fsp3) is 0.222. The average molecular weight is 355 g/mol. The van der Waals surface area contributed by atoms with Crippen molar-refractivity contribution in [2.45, 2.75) is 10.6 Å². The maximum absolute atomic E-state index is 12.7. The van der Waals surface area contributed by atoms with E-state index in [1.165, 1.54) is 0 Å². The molecule has 0 saturated heterocycles. The summed E-state index contributed by atoms with van der Waals surface area (Å²) in [6, 6.07) is 0.878. The standard InChI is InChI=1S/C9H5F3IN3O/c10-9(11,12)6-1-2-14-4-5(6)8-15-7(3-13)16-17-8/h1-2,4H,3H2. The molecular formula is C9H5F3IN3O. The van der Waals surface area contributed by atoms with Gasteiger partial charge < -0.3 is 4.52 Å². The number of nitrogens with zero attached hydrogens (tertiary/aromatic N) is 3. The van der Waals surface area contributed by atoms with Gasteiger partial charge in [0.15, 0.2) is 5.82 Å². The molecule has 2 heterocycles. The molecule has 2 rings (SSSR count). The predicted molar refractivity (Wildman–Crippen MR) is 60.3 cm³/mol. The summed E-state index contributed by atoms with van der Waals surface area (Å²) in [5.74, 6) is 0.176. The van der Waals surface area contributed by atoms with Crippen molar-refractivity contribution < 1.29 is 17.7 Å². The number of halogens is 4. The number of hydrogen-bond acceptors (Lipinski definition) is 4. The predicted octanol–water partition coefficient (Wildman–Crippen LogP) is 3.09. The maximum Gasteiger partial charge on any atom is 0.417 e. The number of alkyl halides is 4. The Morgan fingerprint density at radius 1 is 1.35 bits per heavy atom. The molecule has 0 aliphatic rings. The van der Waals surface area contributed by atoms with E-state index in [1.807, 2.05) is 22.6 Å². The van der Waals surface area contributed by atoms with Crippen LogP contribution in [-0.4, -0.2) is 15.1 Å². The molecule has 8 heteroatoms. The van der Waals surface area contributed by atoms with E-state index in [4.69, 9.17) is 4.52 Å². The summed E-state index contributed by atoms with van der Waals surface area (Å²) in [4.78, 5) is 7.49. The Bertz CT molecular complexity index is 526. The van der Waals surface area contributed by atoms with Gasteiger partial charge in [-0.25, -0.2) is 0 Å². The third-order valence-electron chi connectivity index (χ3n) is 1.94. The summed E-state index contributed by atoms with van der Waals surface area (Å²) in [5, 5.41) is 3.55. The van der Waals surface area contributed by atoms with E-state index in [-0.39, 0.29) is 11.5 Å². The van der Waals surface area contributed by atoms with Crippen LogP contribution in [0.15, 0.2) is 23.0 Å². The SMILES string of the molecule is FC(F)(F)c1ccncc1-c1nc(CI)no1. The fourth-order valence-electron chi connectivity index (χ4n) is 1.23. The van der Waals surface area contributed by atoms with Crippen molar-refractivity contribution in [2.24, 2.45) is 0 Å². The summed E-state index contributed by atoms with van der Waals surface area (Å²) >= 11 is 1.99. The molecule has 0 bridgehead atoms. The molecule has 0 atom stereocenters. The van der Waals surface area contributed by atoms with Crippen LogP contribution in [0.1, 0.15) is 11.4 Å². The monoisotopic (exact) mass is 355 g/mol. The van der Waals surface area contributed by atoms with Crippen molar-refractivity contribution in [3.05, 3.63) is 29.8 Å². The molecule has 0 saturated carbocycles. The highest BCUT2D eigenvalue weighted by atomic mass is 127. The van der Waals surface area contributed by atoms with Gasteiger partial charge in [-0.2, -0.15) is 18.2 Å². The summed E-state index contributed by atoms with van der Waals surface area (Å²) in [7, 11) is 0. The lowest BCUT2D eigenvalue weighted by Gasteiger charge is -2.08. The van der Waals surface area contributed by atoms with Gasteiger partial charge in [0.2, 0.25) is 0 Å². The molecule has 4 nitrogen and oxygen atoms in total. The van der Waals surface area contributed by atoms with Gasteiger partial charge in [0.1, 0.15) is 0 Å². The van der Waals surface area contributed by atoms with Crippen LogP contribution in [-0.2, 0) is 10.6 Å². The zero-order chi connectivity index (χ0) is 12.5. The van der Waals surface area contributed by atoms with Gasteiger partial charge in [0, 0.05) is 12.4 Å². The van der Waals surface area contributed by atoms with Crippen molar-refractivity contribution >= 4 is 22.6 Å². The molecule has 0 aromatic carbocycles. The van der Waals surface area contributed by atoms with Crippen molar-refractivity contribution in [3.8, 4) is 11.5 Å². The molecule has 17 heavy (non-hydrogen) atoms. The van der Waals surface area contributed by atoms with Crippen LogP contribution < -0.4 is 0 Å². The molecule has 0 N–H and O–H groups in total. The topological polar surface area (TPSA) is 51.8 Å². The smallest absolute Gasteiger partial charge is 0.334 e. The first-order valence-corrected chi connectivity index (χ1v) is 5.95. The molecule has 0 unspecified atom stereocenters. The van der Waals surface area contributed by atoms with Crippen molar-refractivity contribution in [1.29, 1.82) is 0 Å². The van der Waals surface area contributed by atoms with Crippen LogP contribution in [0.25, 0.3) is 11.5 Å². The normalized spacial score (nSPS) is 11.8. The van der Waals surface area contributed by atoms with Gasteiger partial charge in [-0.05, 0) is 6.07 Å². The lowest BCUT2D eigenvalue weighted by Crippen LogP contribution is -2.07. The first kappa shape index (κ1) is 12.3. The lowest BCUT2D eigenvalue weighted by molar-refractivity contribution is -0.137. The zero-order valence-corrected chi connectivity index (χ0v) is 10.4. The second kappa shape index (κ2) is 4.59. The molecule has 0 aliphatic heterocycles. The molecular weight excluding hydrogens is 350 g/mol. The highest BCUT2D eigenvalue weighted by Crippen LogP contribution is 2.35. The highest BCUT2D eigenvalue weighted by Gasteiger charge is 2.35. The highest BCUT2D eigenvalue weighted by molar-refractivity contribution is 14.1. The van der Waals surface area contributed by atoms with Crippen molar-refractivity contribution in [2.75, 3.05) is 0 Å². The quantitative estimate of drug-likeness (QED) is 0.614. The first-order valence-electron chi connectivity index (χ1n) is 4.42. The zero-order valence-electron chi connectivity index (χ0n) is 8.20. The number of rotatable bonds is 2. The maximum atomic E-state index is 12.7. The van der Waals surface area contributed by atoms with Crippen LogP contribution in [0.3, 0.4) is 0 Å². The van der Waals surface area contributed by atoms with Gasteiger partial charge in [-0.1, -0.05) is 27.7 Å². The molecule has 0 radical (unpaired) electrons. The molecule has 90 valence electrons. The second-order valence-electron chi connectivity index (χ2n) is 3.07. The largest absolute Gasteiger partial charge is 0.417 e. The summed E-state index contributed by atoms with van der Waals surface area (Å²) in [6.07, 6.45) is -2.34. The van der Waals surface area contributed by atoms with Gasteiger partial charge in [-0.15, -0.1) is 0 Å². The van der Waals surface area contributed by atoms with Gasteiger partial charge in [0.25, 0.3) is 5.89 Å². The van der Waals surface area contributed by atoms with E-state index in [0.29, 0.717) is 10.3 Å². The third-order valence-corrected chi connectivity index (χ3v) is 2.63. The van der Waals surface area contributed by atoms with Crippen molar-refractivity contribution in [3.63, 3.8) is 0 Å². The van der Waals surface area contributed by atoms with Gasteiger partial charge >= 0.3 is 6.18 Å². The Kier molecular flexibility index (Phi) is 3.31. The van der Waals surface area contributed by atoms with Gasteiger partial charge in [0.05, 0.1) is 15.6 Å². The minimum atomic E-state index is -4.47. The van der Waals surface area contributed by atoms with Crippen LogP contribution in [0.2, 0.25) is 0 Å². The Hall–Kier alpha value is -1.19. The van der Waals surface area contributed by atoms with E-state index in [2.05, 4.69) is 15.1 Å². The molecule has 0 spiro atoms. The second-order valence-corrected chi connectivity index (χ2v) is 3.83. The first-order chi connectivity index (χ1) is 8.02. The lowest BCUT2D eigenvalue weighted by atomic mass is 10.1. The van der Waals surface area contributed by atoms with Crippen LogP contribution >= 0.6 is 22.6 Å². The summed E-state index contributed by atoms with van der Waals surface area (Å²) < 4.78 is 43.3. The third kappa shape index (κ3) is 2.56. The molecule has 0 aliphatic carbocycles. The van der Waals surface area contributed by atoms with Crippen LogP contribution in [0, 0.1) is 0 Å². The Balaban J connectivity index is 2.52. The van der Waals surface area contributed by atoms with Gasteiger partial charge in [-0.3, -0.25) is 4.98 Å². The number of pyridine rings is 1.